The number of aromatic nitrogens is 2. The number of hydrogen-bond donors (Lipinski definition) is 0. The smallest absolute Gasteiger partial charge is 0.141 e. The lowest BCUT2D eigenvalue weighted by Crippen LogP contribution is -1.91. The number of rotatable bonds is 3. The Morgan fingerprint density at radius 2 is 1.79 bits per heavy atom. The minimum atomic E-state index is -0.228. The molecule has 0 aliphatic carbocycles. The lowest BCUT2D eigenvalue weighted by atomic mass is 10.1. The van der Waals surface area contributed by atoms with Crippen LogP contribution in [0.1, 0.15) is 20.8 Å². The molecule has 1 atom stereocenters. The third kappa shape index (κ3) is 2.71. The highest BCUT2D eigenvalue weighted by Gasteiger charge is 2.17. The van der Waals surface area contributed by atoms with Crippen molar-refractivity contribution in [3.8, 4) is 9.88 Å². The zero-order valence-corrected chi connectivity index (χ0v) is 12.6. The Bertz CT molecular complexity index is 676. The Hall–Kier alpha value is -1.23. The Kier molecular flexibility index (Phi) is 3.64. The predicted molar refractivity (Wildman–Crippen MR) is 82.1 cm³/mol. The summed E-state index contributed by atoms with van der Waals surface area (Å²) in [5.41, 5.74) is 1.05. The van der Waals surface area contributed by atoms with E-state index in [1.807, 2.05) is 30.3 Å². The van der Waals surface area contributed by atoms with E-state index in [-0.39, 0.29) is 5.38 Å². The van der Waals surface area contributed by atoms with Gasteiger partial charge in [0, 0.05) is 4.88 Å². The summed E-state index contributed by atoms with van der Waals surface area (Å²) in [5, 5.41) is 10.0. The van der Waals surface area contributed by atoms with Gasteiger partial charge in [-0.1, -0.05) is 41.7 Å². The maximum Gasteiger partial charge on any atom is 0.157 e. The lowest BCUT2D eigenvalue weighted by molar-refractivity contribution is 0.989. The zero-order chi connectivity index (χ0) is 13.2. The number of thiophene rings is 1. The van der Waals surface area contributed by atoms with Crippen molar-refractivity contribution in [1.82, 2.24) is 10.2 Å². The van der Waals surface area contributed by atoms with E-state index in [1.165, 1.54) is 4.88 Å². The SMILES string of the molecule is Cc1ccc(-c2nnc(C(Cl)c3ccccc3)s2)s1. The summed E-state index contributed by atoms with van der Waals surface area (Å²) in [7, 11) is 0. The molecule has 0 aliphatic heterocycles. The van der Waals surface area contributed by atoms with Crippen LogP contribution >= 0.6 is 34.3 Å². The minimum Gasteiger partial charge on any atom is -0.141 e. The summed E-state index contributed by atoms with van der Waals surface area (Å²) in [5.74, 6) is 0. The fraction of sp³-hybridized carbons (Fsp3) is 0.143. The van der Waals surface area contributed by atoms with Gasteiger partial charge in [-0.3, -0.25) is 0 Å². The minimum absolute atomic E-state index is 0.228. The van der Waals surface area contributed by atoms with E-state index < -0.39 is 0 Å². The summed E-state index contributed by atoms with van der Waals surface area (Å²) < 4.78 is 0. The predicted octanol–water partition coefficient (Wildman–Crippen LogP) is 4.90. The van der Waals surface area contributed by atoms with Crippen LogP contribution in [0.5, 0.6) is 0 Å². The molecule has 1 aromatic carbocycles. The zero-order valence-electron chi connectivity index (χ0n) is 10.2. The second-order valence-electron chi connectivity index (χ2n) is 4.13. The summed E-state index contributed by atoms with van der Waals surface area (Å²) in [6, 6.07) is 14.1. The Morgan fingerprint density at radius 1 is 1.00 bits per heavy atom. The van der Waals surface area contributed by atoms with Gasteiger partial charge in [-0.25, -0.2) is 0 Å². The van der Waals surface area contributed by atoms with Crippen LogP contribution in [0.25, 0.3) is 9.88 Å². The number of aryl methyl sites for hydroxylation is 1. The highest BCUT2D eigenvalue weighted by Crippen LogP contribution is 2.36. The van der Waals surface area contributed by atoms with Crippen molar-refractivity contribution in [2.75, 3.05) is 0 Å². The summed E-state index contributed by atoms with van der Waals surface area (Å²) >= 11 is 9.73. The highest BCUT2D eigenvalue weighted by atomic mass is 35.5. The first kappa shape index (κ1) is 12.8. The molecule has 3 rings (SSSR count). The molecule has 0 bridgehead atoms. The fourth-order valence-electron chi connectivity index (χ4n) is 1.75. The molecular weight excluding hydrogens is 296 g/mol. The van der Waals surface area contributed by atoms with Gasteiger partial charge in [0.25, 0.3) is 0 Å². The second-order valence-corrected chi connectivity index (χ2v) is 6.86. The van der Waals surface area contributed by atoms with E-state index in [4.69, 9.17) is 11.6 Å². The summed E-state index contributed by atoms with van der Waals surface area (Å²) in [6.07, 6.45) is 0. The molecule has 0 radical (unpaired) electrons. The molecule has 0 saturated carbocycles. The van der Waals surface area contributed by atoms with Crippen LogP contribution in [0, 0.1) is 6.92 Å². The van der Waals surface area contributed by atoms with Gasteiger partial charge >= 0.3 is 0 Å². The molecule has 0 spiro atoms. The quantitative estimate of drug-likeness (QED) is 0.643. The average Bonchev–Trinajstić information content (AvgIpc) is 3.07. The lowest BCUT2D eigenvalue weighted by Gasteiger charge is -2.04. The number of hydrogen-bond acceptors (Lipinski definition) is 4. The van der Waals surface area contributed by atoms with E-state index in [0.29, 0.717) is 0 Å². The van der Waals surface area contributed by atoms with Gasteiger partial charge in [0.15, 0.2) is 5.01 Å². The van der Waals surface area contributed by atoms with Crippen molar-refractivity contribution in [2.24, 2.45) is 0 Å². The van der Waals surface area contributed by atoms with E-state index in [1.54, 1.807) is 22.7 Å². The molecule has 3 aromatic rings. The summed E-state index contributed by atoms with van der Waals surface area (Å²) in [4.78, 5) is 2.43. The van der Waals surface area contributed by atoms with Gasteiger partial charge in [-0.15, -0.1) is 33.1 Å². The molecule has 0 N–H and O–H groups in total. The van der Waals surface area contributed by atoms with E-state index in [0.717, 1.165) is 20.5 Å². The number of alkyl halides is 1. The number of halogens is 1. The third-order valence-electron chi connectivity index (χ3n) is 2.70. The maximum atomic E-state index is 6.45. The average molecular weight is 307 g/mol. The number of nitrogens with zero attached hydrogens (tertiary/aromatic N) is 2. The molecule has 0 aliphatic rings. The van der Waals surface area contributed by atoms with Gasteiger partial charge < -0.3 is 0 Å². The van der Waals surface area contributed by atoms with Gasteiger partial charge in [0.05, 0.1) is 4.88 Å². The van der Waals surface area contributed by atoms with Crippen LogP contribution in [-0.4, -0.2) is 10.2 Å². The third-order valence-corrected chi connectivity index (χ3v) is 5.45. The molecule has 2 aromatic heterocycles. The molecular formula is C14H11ClN2S2. The van der Waals surface area contributed by atoms with Crippen molar-refractivity contribution in [3.63, 3.8) is 0 Å². The van der Waals surface area contributed by atoms with Crippen LogP contribution in [0.15, 0.2) is 42.5 Å². The van der Waals surface area contributed by atoms with Crippen LogP contribution in [0.4, 0.5) is 0 Å². The monoisotopic (exact) mass is 306 g/mol. The van der Waals surface area contributed by atoms with Crippen molar-refractivity contribution < 1.29 is 0 Å². The van der Waals surface area contributed by atoms with E-state index in [2.05, 4.69) is 29.3 Å². The molecule has 1 unspecified atom stereocenters. The van der Waals surface area contributed by atoms with Crippen LogP contribution in [-0.2, 0) is 0 Å². The van der Waals surface area contributed by atoms with Gasteiger partial charge in [-0.2, -0.15) is 0 Å². The van der Waals surface area contributed by atoms with E-state index in [9.17, 15) is 0 Å². The second kappa shape index (κ2) is 5.41. The van der Waals surface area contributed by atoms with Crippen LogP contribution in [0.3, 0.4) is 0 Å². The van der Waals surface area contributed by atoms with Crippen molar-refractivity contribution >= 4 is 34.3 Å². The first-order valence-corrected chi connectivity index (χ1v) is 7.90. The first-order valence-electron chi connectivity index (χ1n) is 5.83. The maximum absolute atomic E-state index is 6.45. The molecule has 96 valence electrons. The molecule has 19 heavy (non-hydrogen) atoms. The van der Waals surface area contributed by atoms with Gasteiger partial charge in [0.2, 0.25) is 0 Å². The van der Waals surface area contributed by atoms with Crippen LogP contribution in [0.2, 0.25) is 0 Å². The van der Waals surface area contributed by atoms with Crippen molar-refractivity contribution in [1.29, 1.82) is 0 Å². The molecule has 0 saturated heterocycles. The van der Waals surface area contributed by atoms with Gasteiger partial charge in [0.1, 0.15) is 10.4 Å². The van der Waals surface area contributed by atoms with Crippen molar-refractivity contribution in [2.45, 2.75) is 12.3 Å². The fourth-order valence-corrected chi connectivity index (χ4v) is 3.84. The molecule has 0 amide bonds. The highest BCUT2D eigenvalue weighted by molar-refractivity contribution is 7.21. The first-order chi connectivity index (χ1) is 9.24. The Morgan fingerprint density at radius 3 is 2.47 bits per heavy atom. The molecule has 2 nitrogen and oxygen atoms in total. The van der Waals surface area contributed by atoms with Crippen LogP contribution < -0.4 is 0 Å². The molecule has 2 heterocycles. The van der Waals surface area contributed by atoms with E-state index >= 15 is 0 Å². The molecule has 5 heteroatoms. The summed E-state index contributed by atoms with van der Waals surface area (Å²) in [6.45, 7) is 2.09. The molecule has 0 fully saturated rings. The van der Waals surface area contributed by atoms with Gasteiger partial charge in [-0.05, 0) is 24.6 Å². The number of benzene rings is 1. The Labute approximate surface area is 124 Å². The largest absolute Gasteiger partial charge is 0.157 e. The Balaban J connectivity index is 1.89. The topological polar surface area (TPSA) is 25.8 Å². The van der Waals surface area contributed by atoms with Crippen molar-refractivity contribution in [3.05, 3.63) is 57.9 Å². The normalized spacial score (nSPS) is 12.5. The standard InChI is InChI=1S/C14H11ClN2S2/c1-9-7-8-11(18-9)13-16-17-14(19-13)12(15)10-5-3-2-4-6-10/h2-8,12H,1H3.